The molecule has 0 aliphatic carbocycles. The number of nitrogens with zero attached hydrogens (tertiary/aromatic N) is 1. The molecule has 3 aromatic rings. The first-order chi connectivity index (χ1) is 11.7. The second kappa shape index (κ2) is 6.70. The van der Waals surface area contributed by atoms with Crippen molar-refractivity contribution >= 4 is 43.3 Å². The topological polar surface area (TPSA) is 48.1 Å². The van der Waals surface area contributed by atoms with Crippen LogP contribution in [0.1, 0.15) is 0 Å². The summed E-state index contributed by atoms with van der Waals surface area (Å²) in [6.07, 6.45) is 1.84. The number of H-pyrrole nitrogens is 1. The number of aromatic nitrogens is 1. The maximum atomic E-state index is 12.9. The highest BCUT2D eigenvalue weighted by molar-refractivity contribution is 9.10. The van der Waals surface area contributed by atoms with Gasteiger partial charge < -0.3 is 15.2 Å². The molecule has 2 aromatic carbocycles. The Hall–Kier alpha value is -1.63. The molecule has 1 aliphatic rings. The molecule has 0 saturated carbocycles. The average molecular weight is 404 g/mol. The van der Waals surface area contributed by atoms with Crippen molar-refractivity contribution in [2.24, 2.45) is 0 Å². The molecule has 0 amide bonds. The summed E-state index contributed by atoms with van der Waals surface area (Å²) in [7, 11) is -1.19. The summed E-state index contributed by atoms with van der Waals surface area (Å²) in [5.41, 5.74) is 2.19. The van der Waals surface area contributed by atoms with Crippen molar-refractivity contribution in [2.45, 2.75) is 9.79 Å². The number of aromatic amines is 1. The zero-order valence-corrected chi connectivity index (χ0v) is 15.5. The summed E-state index contributed by atoms with van der Waals surface area (Å²) in [5, 5.41) is 4.36. The van der Waals surface area contributed by atoms with E-state index in [9.17, 15) is 4.21 Å². The third-order valence-corrected chi connectivity index (χ3v) is 6.27. The number of halogens is 1. The number of nitrogens with one attached hydrogen (secondary N) is 2. The summed E-state index contributed by atoms with van der Waals surface area (Å²) in [4.78, 5) is 7.22. The smallest absolute Gasteiger partial charge is 0.0871 e. The van der Waals surface area contributed by atoms with Crippen molar-refractivity contribution in [1.29, 1.82) is 0 Å². The Morgan fingerprint density at radius 3 is 2.54 bits per heavy atom. The van der Waals surface area contributed by atoms with Crippen molar-refractivity contribution in [3.05, 3.63) is 53.1 Å². The van der Waals surface area contributed by atoms with E-state index in [1.54, 1.807) is 0 Å². The molecule has 6 heteroatoms. The van der Waals surface area contributed by atoms with E-state index in [-0.39, 0.29) is 0 Å². The second-order valence-corrected chi connectivity index (χ2v) is 8.21. The van der Waals surface area contributed by atoms with Crippen LogP contribution in [0.2, 0.25) is 0 Å². The molecule has 124 valence electrons. The van der Waals surface area contributed by atoms with Gasteiger partial charge >= 0.3 is 0 Å². The van der Waals surface area contributed by atoms with E-state index in [0.717, 1.165) is 51.3 Å². The Bertz CT molecular complexity index is 885. The fraction of sp³-hybridized carbons (Fsp3) is 0.222. The van der Waals surface area contributed by atoms with Crippen molar-refractivity contribution in [3.8, 4) is 0 Å². The van der Waals surface area contributed by atoms with Gasteiger partial charge in [-0.25, -0.2) is 4.21 Å². The van der Waals surface area contributed by atoms with Gasteiger partial charge in [0.05, 0.1) is 15.7 Å². The van der Waals surface area contributed by atoms with E-state index in [2.05, 4.69) is 43.3 Å². The highest BCUT2D eigenvalue weighted by Gasteiger charge is 2.15. The summed E-state index contributed by atoms with van der Waals surface area (Å²) < 4.78 is 14.0. The zero-order valence-electron chi connectivity index (χ0n) is 13.1. The maximum absolute atomic E-state index is 12.9. The first kappa shape index (κ1) is 15.9. The minimum absolute atomic E-state index is 0.826. The van der Waals surface area contributed by atoms with Crippen LogP contribution in [0.25, 0.3) is 10.9 Å². The summed E-state index contributed by atoms with van der Waals surface area (Å²) in [6, 6.07) is 14.1. The van der Waals surface area contributed by atoms with Gasteiger partial charge in [-0.1, -0.05) is 22.0 Å². The molecular weight excluding hydrogens is 386 g/mol. The molecule has 0 spiro atoms. The van der Waals surface area contributed by atoms with Gasteiger partial charge in [-0.05, 0) is 36.4 Å². The number of fused-ring (bicyclic) bond motifs is 1. The molecule has 1 atom stereocenters. The Morgan fingerprint density at radius 2 is 1.79 bits per heavy atom. The first-order valence-electron chi connectivity index (χ1n) is 7.96. The van der Waals surface area contributed by atoms with Gasteiger partial charge in [0.15, 0.2) is 0 Å². The van der Waals surface area contributed by atoms with Crippen LogP contribution < -0.4 is 10.2 Å². The van der Waals surface area contributed by atoms with Gasteiger partial charge in [-0.15, -0.1) is 0 Å². The lowest BCUT2D eigenvalue weighted by Crippen LogP contribution is -2.43. The number of rotatable bonds is 3. The van der Waals surface area contributed by atoms with Crippen molar-refractivity contribution < 1.29 is 4.21 Å². The molecule has 1 saturated heterocycles. The molecule has 0 bridgehead atoms. The van der Waals surface area contributed by atoms with E-state index >= 15 is 0 Å². The van der Waals surface area contributed by atoms with Gasteiger partial charge in [-0.3, -0.25) is 0 Å². The lowest BCUT2D eigenvalue weighted by atomic mass is 10.2. The van der Waals surface area contributed by atoms with Crippen LogP contribution >= 0.6 is 15.9 Å². The van der Waals surface area contributed by atoms with Crippen molar-refractivity contribution in [3.63, 3.8) is 0 Å². The third-order valence-electron chi connectivity index (χ3n) is 4.34. The highest BCUT2D eigenvalue weighted by atomic mass is 79.9. The second-order valence-electron chi connectivity index (χ2n) is 5.84. The lowest BCUT2D eigenvalue weighted by molar-refractivity contribution is 0.589. The van der Waals surface area contributed by atoms with Crippen LogP contribution in [0.4, 0.5) is 5.69 Å². The first-order valence-corrected chi connectivity index (χ1v) is 9.91. The molecule has 1 unspecified atom stereocenters. The van der Waals surface area contributed by atoms with E-state index in [1.165, 1.54) is 5.69 Å². The zero-order chi connectivity index (χ0) is 16.5. The normalized spacial score (nSPS) is 16.5. The van der Waals surface area contributed by atoms with E-state index in [4.69, 9.17) is 0 Å². The summed E-state index contributed by atoms with van der Waals surface area (Å²) >= 11 is 3.46. The summed E-state index contributed by atoms with van der Waals surface area (Å²) in [5.74, 6) is 0. The molecule has 4 nitrogen and oxygen atoms in total. The van der Waals surface area contributed by atoms with Crippen LogP contribution in [-0.4, -0.2) is 35.4 Å². The number of piperazine rings is 1. The Balaban J connectivity index is 1.61. The fourth-order valence-corrected chi connectivity index (χ4v) is 4.60. The molecule has 24 heavy (non-hydrogen) atoms. The van der Waals surface area contributed by atoms with Crippen LogP contribution in [0.15, 0.2) is 62.9 Å². The molecule has 2 N–H and O–H groups in total. The van der Waals surface area contributed by atoms with Crippen LogP contribution in [0.5, 0.6) is 0 Å². The average Bonchev–Trinajstić information content (AvgIpc) is 3.05. The largest absolute Gasteiger partial charge is 0.369 e. The minimum atomic E-state index is -1.19. The monoisotopic (exact) mass is 403 g/mol. The molecule has 2 heterocycles. The molecule has 4 rings (SSSR count). The van der Waals surface area contributed by atoms with Crippen molar-refractivity contribution in [2.75, 3.05) is 31.1 Å². The number of benzene rings is 2. The lowest BCUT2D eigenvalue weighted by Gasteiger charge is -2.29. The maximum Gasteiger partial charge on any atom is 0.0871 e. The number of hydrogen-bond acceptors (Lipinski definition) is 3. The van der Waals surface area contributed by atoms with E-state index in [0.29, 0.717) is 0 Å². The molecule has 1 aliphatic heterocycles. The van der Waals surface area contributed by atoms with E-state index in [1.807, 2.05) is 36.5 Å². The molecule has 1 fully saturated rings. The van der Waals surface area contributed by atoms with E-state index < -0.39 is 10.8 Å². The molecule has 1 aromatic heterocycles. The number of anilines is 1. The van der Waals surface area contributed by atoms with Crippen LogP contribution in [-0.2, 0) is 10.8 Å². The summed E-state index contributed by atoms with van der Waals surface area (Å²) in [6.45, 7) is 4.05. The van der Waals surface area contributed by atoms with Gasteiger partial charge in [-0.2, -0.15) is 0 Å². The minimum Gasteiger partial charge on any atom is -0.369 e. The van der Waals surface area contributed by atoms with Crippen molar-refractivity contribution in [1.82, 2.24) is 10.3 Å². The standard InChI is InChI=1S/C18H18BrN3OS/c19-13-1-6-16-17(11-13)21-12-18(16)24(23)15-4-2-14(3-5-15)22-9-7-20-8-10-22/h1-6,11-12,20-21H,7-10H2. The Morgan fingerprint density at radius 1 is 1.04 bits per heavy atom. The quantitative estimate of drug-likeness (QED) is 0.703. The van der Waals surface area contributed by atoms with Gasteiger partial charge in [0, 0.05) is 58.3 Å². The molecule has 0 radical (unpaired) electrons. The van der Waals surface area contributed by atoms with Gasteiger partial charge in [0.25, 0.3) is 0 Å². The third kappa shape index (κ3) is 3.01. The van der Waals surface area contributed by atoms with Gasteiger partial charge in [0.2, 0.25) is 0 Å². The van der Waals surface area contributed by atoms with Crippen LogP contribution in [0.3, 0.4) is 0 Å². The Kier molecular flexibility index (Phi) is 4.43. The Labute approximate surface area is 151 Å². The highest BCUT2D eigenvalue weighted by Crippen LogP contribution is 2.28. The SMILES string of the molecule is O=S(c1ccc(N2CCNCC2)cc1)c1c[nH]c2cc(Br)ccc12. The number of hydrogen-bond donors (Lipinski definition) is 2. The predicted molar refractivity (Wildman–Crippen MR) is 102 cm³/mol. The predicted octanol–water partition coefficient (Wildman–Crippen LogP) is 3.51. The van der Waals surface area contributed by atoms with Crippen LogP contribution in [0, 0.1) is 0 Å². The fourth-order valence-electron chi connectivity index (χ4n) is 3.06. The van der Waals surface area contributed by atoms with Gasteiger partial charge in [0.1, 0.15) is 0 Å². The molecular formula is C18H18BrN3OS.